The molecule has 1 saturated heterocycles. The molecule has 0 aromatic heterocycles. The maximum atomic E-state index is 12.9. The molecule has 1 aliphatic heterocycles. The van der Waals surface area contributed by atoms with Gasteiger partial charge in [-0.05, 0) is 73.2 Å². The first-order chi connectivity index (χ1) is 18.7. The molecule has 2 atom stereocenters. The molecule has 0 aliphatic carbocycles. The zero-order chi connectivity index (χ0) is 28.4. The summed E-state index contributed by atoms with van der Waals surface area (Å²) in [4.78, 5) is 39.7. The van der Waals surface area contributed by atoms with Crippen molar-refractivity contribution >= 4 is 17.8 Å². The average molecular weight is 540 g/mol. The number of nitrogens with zero attached hydrogens (tertiary/aromatic N) is 1. The van der Waals surface area contributed by atoms with E-state index in [-0.39, 0.29) is 37.6 Å². The van der Waals surface area contributed by atoms with Gasteiger partial charge in [0, 0.05) is 5.92 Å². The average Bonchev–Trinajstić information content (AvgIpc) is 3.23. The van der Waals surface area contributed by atoms with Crippen molar-refractivity contribution in [2.45, 2.75) is 53.5 Å². The van der Waals surface area contributed by atoms with Crippen molar-refractivity contribution < 1.29 is 33.3 Å². The first kappa shape index (κ1) is 30.0. The SMILES string of the molecule is CC[C@H]1C[C@@H](COC(=O)c2ccc(OCC(C)C)cc2)N(CCOC(=O)c2ccc(OCC(C)C)cc2)C1=O. The number of esters is 2. The molecule has 2 aromatic rings. The lowest BCUT2D eigenvalue weighted by molar-refractivity contribution is -0.133. The van der Waals surface area contributed by atoms with E-state index < -0.39 is 11.9 Å². The van der Waals surface area contributed by atoms with Crippen molar-refractivity contribution in [3.63, 3.8) is 0 Å². The van der Waals surface area contributed by atoms with E-state index >= 15 is 0 Å². The lowest BCUT2D eigenvalue weighted by Gasteiger charge is -2.24. The molecule has 1 amide bonds. The minimum atomic E-state index is -0.465. The Morgan fingerprint density at radius 3 is 1.77 bits per heavy atom. The zero-order valence-electron chi connectivity index (χ0n) is 23.7. The zero-order valence-corrected chi connectivity index (χ0v) is 23.7. The molecule has 0 spiro atoms. The van der Waals surface area contributed by atoms with Crippen molar-refractivity contribution in [1.29, 1.82) is 0 Å². The molecule has 0 unspecified atom stereocenters. The van der Waals surface area contributed by atoms with E-state index in [2.05, 4.69) is 27.7 Å². The van der Waals surface area contributed by atoms with Gasteiger partial charge in [0.1, 0.15) is 24.7 Å². The lowest BCUT2D eigenvalue weighted by atomic mass is 10.0. The van der Waals surface area contributed by atoms with Gasteiger partial charge < -0.3 is 23.8 Å². The molecule has 1 heterocycles. The summed E-state index contributed by atoms with van der Waals surface area (Å²) in [5, 5.41) is 0. The summed E-state index contributed by atoms with van der Waals surface area (Å²) in [6.45, 7) is 11.8. The van der Waals surface area contributed by atoms with Gasteiger partial charge in [0.2, 0.25) is 5.91 Å². The van der Waals surface area contributed by atoms with Gasteiger partial charge in [-0.15, -0.1) is 0 Å². The highest BCUT2D eigenvalue weighted by Crippen LogP contribution is 2.27. The minimum Gasteiger partial charge on any atom is -0.493 e. The predicted molar refractivity (Wildman–Crippen MR) is 148 cm³/mol. The second kappa shape index (κ2) is 14.6. The molecule has 1 aliphatic rings. The summed E-state index contributed by atoms with van der Waals surface area (Å²) < 4.78 is 22.3. The molecule has 212 valence electrons. The number of hydrogen-bond donors (Lipinski definition) is 0. The summed E-state index contributed by atoms with van der Waals surface area (Å²) in [6.07, 6.45) is 1.29. The van der Waals surface area contributed by atoms with Crippen molar-refractivity contribution in [2.24, 2.45) is 17.8 Å². The Kier molecular flexibility index (Phi) is 11.2. The molecule has 0 N–H and O–H groups in total. The van der Waals surface area contributed by atoms with Gasteiger partial charge in [0.25, 0.3) is 0 Å². The molecule has 0 radical (unpaired) electrons. The smallest absolute Gasteiger partial charge is 0.338 e. The van der Waals surface area contributed by atoms with E-state index in [1.54, 1.807) is 53.4 Å². The van der Waals surface area contributed by atoms with Gasteiger partial charge in [-0.25, -0.2) is 9.59 Å². The summed E-state index contributed by atoms with van der Waals surface area (Å²) in [7, 11) is 0. The Bertz CT molecular complexity index is 1080. The highest BCUT2D eigenvalue weighted by molar-refractivity contribution is 5.90. The Morgan fingerprint density at radius 1 is 0.821 bits per heavy atom. The van der Waals surface area contributed by atoms with Crippen molar-refractivity contribution in [2.75, 3.05) is 33.0 Å². The summed E-state index contributed by atoms with van der Waals surface area (Å²) >= 11 is 0. The number of hydrogen-bond acceptors (Lipinski definition) is 7. The predicted octanol–water partition coefficient (Wildman–Crippen LogP) is 5.40. The van der Waals surface area contributed by atoms with Crippen LogP contribution < -0.4 is 9.47 Å². The summed E-state index contributed by atoms with van der Waals surface area (Å²) in [5.41, 5.74) is 0.835. The largest absolute Gasteiger partial charge is 0.493 e. The number of ether oxygens (including phenoxy) is 4. The van der Waals surface area contributed by atoms with E-state index in [9.17, 15) is 14.4 Å². The highest BCUT2D eigenvalue weighted by Gasteiger charge is 2.39. The van der Waals surface area contributed by atoms with Crippen LogP contribution in [0, 0.1) is 17.8 Å². The third-order valence-electron chi connectivity index (χ3n) is 6.44. The van der Waals surface area contributed by atoms with E-state index in [4.69, 9.17) is 18.9 Å². The van der Waals surface area contributed by atoms with Crippen molar-refractivity contribution in [1.82, 2.24) is 4.90 Å². The van der Waals surface area contributed by atoms with Crippen LogP contribution in [0.25, 0.3) is 0 Å². The van der Waals surface area contributed by atoms with E-state index in [1.165, 1.54) is 0 Å². The quantitative estimate of drug-likeness (QED) is 0.297. The Labute approximate surface area is 231 Å². The number of amides is 1. The maximum absolute atomic E-state index is 12.9. The molecular formula is C31H41NO7. The van der Waals surface area contributed by atoms with Crippen LogP contribution >= 0.6 is 0 Å². The Balaban J connectivity index is 1.50. The fourth-order valence-electron chi connectivity index (χ4n) is 4.24. The van der Waals surface area contributed by atoms with Crippen molar-refractivity contribution in [3.8, 4) is 11.5 Å². The van der Waals surface area contributed by atoms with Crippen LogP contribution in [0.5, 0.6) is 11.5 Å². The molecule has 0 bridgehead atoms. The number of likely N-dealkylation sites (tertiary alicyclic amines) is 1. The van der Waals surface area contributed by atoms with E-state index in [0.29, 0.717) is 60.5 Å². The summed E-state index contributed by atoms with van der Waals surface area (Å²) in [6, 6.07) is 13.4. The highest BCUT2D eigenvalue weighted by atomic mass is 16.5. The molecule has 1 fully saturated rings. The topological polar surface area (TPSA) is 91.4 Å². The molecule has 8 nitrogen and oxygen atoms in total. The first-order valence-electron chi connectivity index (χ1n) is 13.8. The fraction of sp³-hybridized carbons (Fsp3) is 0.516. The third kappa shape index (κ3) is 9.01. The minimum absolute atomic E-state index is 0.00657. The number of benzene rings is 2. The molecule has 39 heavy (non-hydrogen) atoms. The number of carbonyl (C=O) groups excluding carboxylic acids is 3. The Morgan fingerprint density at radius 2 is 1.31 bits per heavy atom. The van der Waals surface area contributed by atoms with E-state index in [0.717, 1.165) is 0 Å². The van der Waals surface area contributed by atoms with Gasteiger partial charge >= 0.3 is 11.9 Å². The molecular weight excluding hydrogens is 498 g/mol. The molecule has 3 rings (SSSR count). The Hall–Kier alpha value is -3.55. The number of carbonyl (C=O) groups is 3. The van der Waals surface area contributed by atoms with Gasteiger partial charge in [-0.2, -0.15) is 0 Å². The second-order valence-corrected chi connectivity index (χ2v) is 10.7. The van der Waals surface area contributed by atoms with Crippen LogP contribution in [0.1, 0.15) is 68.2 Å². The van der Waals surface area contributed by atoms with Gasteiger partial charge in [-0.1, -0.05) is 34.6 Å². The van der Waals surface area contributed by atoms with Crippen LogP contribution in [0.2, 0.25) is 0 Å². The maximum Gasteiger partial charge on any atom is 0.338 e. The third-order valence-corrected chi connectivity index (χ3v) is 6.44. The van der Waals surface area contributed by atoms with Crippen LogP contribution in [-0.2, 0) is 14.3 Å². The van der Waals surface area contributed by atoms with Crippen LogP contribution in [0.4, 0.5) is 0 Å². The van der Waals surface area contributed by atoms with Gasteiger partial charge in [0.05, 0.1) is 36.9 Å². The van der Waals surface area contributed by atoms with Gasteiger partial charge in [0.15, 0.2) is 0 Å². The number of rotatable bonds is 14. The molecule has 2 aromatic carbocycles. The first-order valence-corrected chi connectivity index (χ1v) is 13.8. The standard InChI is InChI=1S/C31H41NO7/c1-6-23-17-26(20-39-31(35)25-9-13-28(14-10-25)38-19-22(4)5)32(29(23)33)15-16-36-30(34)24-7-11-27(12-8-24)37-18-21(2)3/h7-14,21-23,26H,6,15-20H2,1-5H3/t23-,26-/m0/s1. The monoisotopic (exact) mass is 539 g/mol. The van der Waals surface area contributed by atoms with Crippen LogP contribution in [0.15, 0.2) is 48.5 Å². The van der Waals surface area contributed by atoms with E-state index in [1.807, 2.05) is 6.92 Å². The lowest BCUT2D eigenvalue weighted by Crippen LogP contribution is -2.39. The van der Waals surface area contributed by atoms with Crippen LogP contribution in [0.3, 0.4) is 0 Å². The van der Waals surface area contributed by atoms with Gasteiger partial charge in [-0.3, -0.25) is 4.79 Å². The normalized spacial score (nSPS) is 17.0. The van der Waals surface area contributed by atoms with Crippen LogP contribution in [-0.4, -0.2) is 61.8 Å². The molecule has 8 heteroatoms. The fourth-order valence-corrected chi connectivity index (χ4v) is 4.24. The van der Waals surface area contributed by atoms with Crippen molar-refractivity contribution in [3.05, 3.63) is 59.7 Å². The summed E-state index contributed by atoms with van der Waals surface area (Å²) in [5.74, 6) is 1.14. The second-order valence-electron chi connectivity index (χ2n) is 10.7. The molecule has 0 saturated carbocycles.